The second-order valence-electron chi connectivity index (χ2n) is 4.76. The average Bonchev–Trinajstić information content (AvgIpc) is 2.26. The minimum absolute atomic E-state index is 0.0595. The minimum atomic E-state index is -0.0595. The summed E-state index contributed by atoms with van der Waals surface area (Å²) in [7, 11) is 2.06. The Morgan fingerprint density at radius 1 is 1.39 bits per heavy atom. The van der Waals surface area contributed by atoms with E-state index >= 15 is 0 Å². The van der Waals surface area contributed by atoms with Gasteiger partial charge in [0.15, 0.2) is 0 Å². The van der Waals surface area contributed by atoms with Gasteiger partial charge in [-0.15, -0.1) is 0 Å². The zero-order valence-electron chi connectivity index (χ0n) is 10.3. The zero-order chi connectivity index (χ0) is 12.5. The summed E-state index contributed by atoms with van der Waals surface area (Å²) in [6.07, 6.45) is 0. The van der Waals surface area contributed by atoms with Crippen LogP contribution in [-0.2, 0) is 6.54 Å². The first-order valence-electron chi connectivity index (χ1n) is 6.13. The van der Waals surface area contributed by atoms with Gasteiger partial charge >= 0.3 is 0 Å². The van der Waals surface area contributed by atoms with Gasteiger partial charge in [0.1, 0.15) is 5.82 Å². The van der Waals surface area contributed by atoms with Crippen LogP contribution in [0.1, 0.15) is 5.82 Å². The van der Waals surface area contributed by atoms with Crippen molar-refractivity contribution < 1.29 is 0 Å². The van der Waals surface area contributed by atoms with E-state index in [1.165, 1.54) is 0 Å². The van der Waals surface area contributed by atoms with E-state index in [1.54, 1.807) is 6.07 Å². The third-order valence-electron chi connectivity index (χ3n) is 3.44. The monoisotopic (exact) mass is 244 g/mol. The van der Waals surface area contributed by atoms with Gasteiger partial charge in [-0.05, 0) is 19.2 Å². The van der Waals surface area contributed by atoms with Crippen LogP contribution in [0, 0.1) is 0 Å². The summed E-state index contributed by atoms with van der Waals surface area (Å²) in [5, 5.41) is 3.88. The first-order valence-corrected chi connectivity index (χ1v) is 6.13. The van der Waals surface area contributed by atoms with Crippen molar-refractivity contribution in [2.24, 2.45) is 0 Å². The zero-order valence-corrected chi connectivity index (χ0v) is 10.3. The molecule has 0 unspecified atom stereocenters. The summed E-state index contributed by atoms with van der Waals surface area (Å²) in [5.41, 5.74) is 0.701. The lowest BCUT2D eigenvalue weighted by Gasteiger charge is -2.35. The molecular weight excluding hydrogens is 228 g/mol. The molecule has 1 saturated heterocycles. The molecule has 0 atom stereocenters. The number of likely N-dealkylation sites (N-methyl/N-ethyl adjacent to an activating group) is 1. The fraction of sp³-hybridized carbons (Fsp3) is 0.385. The molecule has 18 heavy (non-hydrogen) atoms. The quantitative estimate of drug-likeness (QED) is 0.816. The van der Waals surface area contributed by atoms with Crippen molar-refractivity contribution in [3.63, 3.8) is 0 Å². The molecule has 1 aliphatic heterocycles. The highest BCUT2D eigenvalue weighted by Gasteiger charge is 2.21. The molecule has 94 valence electrons. The van der Waals surface area contributed by atoms with Crippen LogP contribution in [0.2, 0.25) is 0 Å². The first-order chi connectivity index (χ1) is 8.74. The Kier molecular flexibility index (Phi) is 2.85. The maximum Gasteiger partial charge on any atom is 0.258 e. The van der Waals surface area contributed by atoms with Gasteiger partial charge in [0.05, 0.1) is 17.4 Å². The molecule has 5 heteroatoms. The second-order valence-corrected chi connectivity index (χ2v) is 4.76. The lowest BCUT2D eigenvalue weighted by Crippen LogP contribution is -2.55. The van der Waals surface area contributed by atoms with Gasteiger partial charge in [0.25, 0.3) is 5.56 Å². The van der Waals surface area contributed by atoms with Crippen molar-refractivity contribution in [3.8, 4) is 0 Å². The topological polar surface area (TPSA) is 61.0 Å². The van der Waals surface area contributed by atoms with E-state index in [0.29, 0.717) is 18.0 Å². The highest BCUT2D eigenvalue weighted by atomic mass is 16.1. The number of hydrogen-bond acceptors (Lipinski definition) is 4. The van der Waals surface area contributed by atoms with E-state index < -0.39 is 0 Å². The molecule has 3 rings (SSSR count). The number of rotatable bonds is 3. The van der Waals surface area contributed by atoms with Crippen molar-refractivity contribution in [3.05, 3.63) is 40.4 Å². The van der Waals surface area contributed by atoms with Crippen molar-refractivity contribution in [2.45, 2.75) is 12.6 Å². The third kappa shape index (κ3) is 2.02. The van der Waals surface area contributed by atoms with Crippen LogP contribution in [0.5, 0.6) is 0 Å². The Labute approximate surface area is 105 Å². The molecule has 2 N–H and O–H groups in total. The fourth-order valence-electron chi connectivity index (χ4n) is 2.16. The Bertz CT molecular complexity index is 618. The summed E-state index contributed by atoms with van der Waals surface area (Å²) in [6.45, 7) is 2.69. The summed E-state index contributed by atoms with van der Waals surface area (Å²) in [6, 6.07) is 7.97. The lowest BCUT2D eigenvalue weighted by molar-refractivity contribution is 0.169. The van der Waals surface area contributed by atoms with Crippen LogP contribution < -0.4 is 10.9 Å². The largest absolute Gasteiger partial charge is 0.314 e. The Morgan fingerprint density at radius 3 is 2.89 bits per heavy atom. The highest BCUT2D eigenvalue weighted by Crippen LogP contribution is 2.09. The predicted octanol–water partition coefficient (Wildman–Crippen LogP) is 0.327. The SMILES string of the molecule is CN(Cc1nc2ccccc2c(=O)[nH]1)C1CNC1. The molecule has 5 nitrogen and oxygen atoms in total. The molecule has 0 spiro atoms. The van der Waals surface area contributed by atoms with Crippen LogP contribution in [0.4, 0.5) is 0 Å². The minimum Gasteiger partial charge on any atom is -0.314 e. The predicted molar refractivity (Wildman–Crippen MR) is 70.5 cm³/mol. The number of para-hydroxylation sites is 1. The van der Waals surface area contributed by atoms with Crippen molar-refractivity contribution in [2.75, 3.05) is 20.1 Å². The number of nitrogens with one attached hydrogen (secondary N) is 2. The standard InChI is InChI=1S/C13H16N4O/c1-17(9-6-14-7-9)8-12-15-11-5-3-2-4-10(11)13(18)16-12/h2-5,9,14H,6-8H2,1H3,(H,15,16,18). The number of H-pyrrole nitrogens is 1. The number of hydrogen-bond donors (Lipinski definition) is 2. The van der Waals surface area contributed by atoms with E-state index in [2.05, 4.69) is 27.2 Å². The van der Waals surface area contributed by atoms with E-state index in [4.69, 9.17) is 0 Å². The number of aromatic nitrogens is 2. The summed E-state index contributed by atoms with van der Waals surface area (Å²) in [4.78, 5) is 21.5. The number of nitrogens with zero attached hydrogens (tertiary/aromatic N) is 2. The van der Waals surface area contributed by atoms with Crippen LogP contribution in [0.15, 0.2) is 29.1 Å². The second kappa shape index (κ2) is 4.51. The molecule has 0 aliphatic carbocycles. The van der Waals surface area contributed by atoms with E-state index in [9.17, 15) is 4.79 Å². The Balaban J connectivity index is 1.90. The van der Waals surface area contributed by atoms with Crippen LogP contribution in [0.3, 0.4) is 0 Å². The summed E-state index contributed by atoms with van der Waals surface area (Å²) >= 11 is 0. The maximum atomic E-state index is 11.9. The first kappa shape index (κ1) is 11.4. The molecule has 2 aromatic rings. The molecular formula is C13H16N4O. The summed E-state index contributed by atoms with van der Waals surface area (Å²) < 4.78 is 0. The molecule has 0 bridgehead atoms. The van der Waals surface area contributed by atoms with Crippen molar-refractivity contribution >= 4 is 10.9 Å². The van der Waals surface area contributed by atoms with Gasteiger partial charge in [-0.3, -0.25) is 9.69 Å². The maximum absolute atomic E-state index is 11.9. The van der Waals surface area contributed by atoms with Gasteiger partial charge in [-0.1, -0.05) is 12.1 Å². The van der Waals surface area contributed by atoms with E-state index in [0.717, 1.165) is 24.4 Å². The molecule has 2 heterocycles. The molecule has 1 aromatic carbocycles. The highest BCUT2D eigenvalue weighted by molar-refractivity contribution is 5.77. The van der Waals surface area contributed by atoms with Crippen LogP contribution in [-0.4, -0.2) is 41.0 Å². The van der Waals surface area contributed by atoms with Gasteiger partial charge < -0.3 is 10.3 Å². The summed E-state index contributed by atoms with van der Waals surface area (Å²) in [5.74, 6) is 0.730. The third-order valence-corrected chi connectivity index (χ3v) is 3.44. The average molecular weight is 244 g/mol. The van der Waals surface area contributed by atoms with Crippen LogP contribution in [0.25, 0.3) is 10.9 Å². The molecule has 1 aliphatic rings. The number of aromatic amines is 1. The Hall–Kier alpha value is -1.72. The lowest BCUT2D eigenvalue weighted by atomic mass is 10.1. The van der Waals surface area contributed by atoms with Crippen molar-refractivity contribution in [1.82, 2.24) is 20.2 Å². The normalized spacial score (nSPS) is 16.1. The van der Waals surface area contributed by atoms with Gasteiger partial charge in [0, 0.05) is 19.1 Å². The molecule has 1 fully saturated rings. The molecule has 0 amide bonds. The van der Waals surface area contributed by atoms with E-state index in [-0.39, 0.29) is 5.56 Å². The fourth-order valence-corrected chi connectivity index (χ4v) is 2.16. The molecule has 0 radical (unpaired) electrons. The molecule has 0 saturated carbocycles. The van der Waals surface area contributed by atoms with E-state index in [1.807, 2.05) is 18.2 Å². The van der Waals surface area contributed by atoms with Gasteiger partial charge in [-0.25, -0.2) is 4.98 Å². The number of fused-ring (bicyclic) bond motifs is 1. The van der Waals surface area contributed by atoms with Crippen LogP contribution >= 0.6 is 0 Å². The van der Waals surface area contributed by atoms with Crippen molar-refractivity contribution in [1.29, 1.82) is 0 Å². The smallest absolute Gasteiger partial charge is 0.258 e. The van der Waals surface area contributed by atoms with Gasteiger partial charge in [0.2, 0.25) is 0 Å². The number of benzene rings is 1. The molecule has 1 aromatic heterocycles. The van der Waals surface area contributed by atoms with Gasteiger partial charge in [-0.2, -0.15) is 0 Å². The Morgan fingerprint density at radius 2 is 2.17 bits per heavy atom.